The van der Waals surface area contributed by atoms with Crippen LogP contribution in [0.1, 0.15) is 26.3 Å². The van der Waals surface area contributed by atoms with Crippen LogP contribution in [-0.2, 0) is 26.2 Å². The molecule has 0 saturated carbocycles. The number of hydrogen-bond donors (Lipinski definition) is 1. The first-order valence-electron chi connectivity index (χ1n) is 13.7. The number of nitrogens with zero attached hydrogens (tertiary/aromatic N) is 2. The molecule has 0 spiro atoms. The van der Waals surface area contributed by atoms with Gasteiger partial charge in [0.15, 0.2) is 11.5 Å². The molecule has 1 N–H and O–H groups in total. The standard InChI is InChI=1S/C31H38ClN3O8S/c1-20(2)33-31(37)21(3)34(18-22-8-11-24(40-4)12-9-22)30(36)19-35(26-16-23(32)10-14-27(26)41-5)44(38,39)25-13-15-28(42-6)29(17-25)43-7/h8-17,20-21H,18-19H2,1-7H3,(H,33,37)/t21-/m0/s1. The molecule has 0 bridgehead atoms. The van der Waals surface area contributed by atoms with Crippen molar-refractivity contribution in [2.45, 2.75) is 44.3 Å². The van der Waals surface area contributed by atoms with Crippen molar-refractivity contribution in [2.24, 2.45) is 0 Å². The minimum atomic E-state index is -4.44. The van der Waals surface area contributed by atoms with Gasteiger partial charge in [-0.05, 0) is 68.8 Å². The van der Waals surface area contributed by atoms with Gasteiger partial charge in [-0.15, -0.1) is 0 Å². The first-order valence-corrected chi connectivity index (χ1v) is 15.5. The van der Waals surface area contributed by atoms with Crippen LogP contribution in [0.4, 0.5) is 5.69 Å². The van der Waals surface area contributed by atoms with E-state index in [0.29, 0.717) is 17.1 Å². The first-order chi connectivity index (χ1) is 20.9. The summed E-state index contributed by atoms with van der Waals surface area (Å²) in [5.41, 5.74) is 0.741. The second-order valence-electron chi connectivity index (χ2n) is 10.1. The fourth-order valence-corrected chi connectivity index (χ4v) is 5.99. The summed E-state index contributed by atoms with van der Waals surface area (Å²) >= 11 is 6.30. The van der Waals surface area contributed by atoms with Crippen LogP contribution in [0.15, 0.2) is 65.6 Å². The number of hydrogen-bond acceptors (Lipinski definition) is 8. The zero-order chi connectivity index (χ0) is 32.6. The second kappa shape index (κ2) is 15.0. The minimum Gasteiger partial charge on any atom is -0.497 e. The molecular formula is C31H38ClN3O8S. The number of carbonyl (C=O) groups is 2. The van der Waals surface area contributed by atoms with Crippen LogP contribution in [0, 0.1) is 0 Å². The van der Waals surface area contributed by atoms with Crippen LogP contribution < -0.4 is 28.6 Å². The van der Waals surface area contributed by atoms with Crippen LogP contribution in [0.3, 0.4) is 0 Å². The molecule has 11 nitrogen and oxygen atoms in total. The third kappa shape index (κ3) is 8.06. The van der Waals surface area contributed by atoms with Crippen molar-refractivity contribution in [1.82, 2.24) is 10.2 Å². The van der Waals surface area contributed by atoms with Crippen molar-refractivity contribution in [3.05, 3.63) is 71.2 Å². The summed E-state index contributed by atoms with van der Waals surface area (Å²) in [6.45, 7) is 4.55. The van der Waals surface area contributed by atoms with Crippen molar-refractivity contribution >= 4 is 39.1 Å². The maximum Gasteiger partial charge on any atom is 0.265 e. The van der Waals surface area contributed by atoms with Crippen LogP contribution >= 0.6 is 11.6 Å². The maximum absolute atomic E-state index is 14.3. The predicted molar refractivity (Wildman–Crippen MR) is 168 cm³/mol. The summed E-state index contributed by atoms with van der Waals surface area (Å²) < 4.78 is 50.8. The molecule has 238 valence electrons. The molecule has 0 aromatic heterocycles. The lowest BCUT2D eigenvalue weighted by Crippen LogP contribution is -2.52. The summed E-state index contributed by atoms with van der Waals surface area (Å²) in [4.78, 5) is 28.4. The SMILES string of the molecule is COc1ccc(CN(C(=O)CN(c2cc(Cl)ccc2OC)S(=O)(=O)c2ccc(OC)c(OC)c2)[C@@H](C)C(=O)NC(C)C)cc1. The van der Waals surface area contributed by atoms with E-state index in [1.807, 2.05) is 13.8 Å². The van der Waals surface area contributed by atoms with Gasteiger partial charge in [0.25, 0.3) is 10.0 Å². The average Bonchev–Trinajstić information content (AvgIpc) is 3.01. The van der Waals surface area contributed by atoms with Crippen LogP contribution in [0.5, 0.6) is 23.0 Å². The highest BCUT2D eigenvalue weighted by Crippen LogP contribution is 2.37. The van der Waals surface area contributed by atoms with Crippen molar-refractivity contribution < 1.29 is 37.0 Å². The Balaban J connectivity index is 2.14. The number of methoxy groups -OCH3 is 4. The quantitative estimate of drug-likeness (QED) is 0.271. The van der Waals surface area contributed by atoms with E-state index >= 15 is 0 Å². The van der Waals surface area contributed by atoms with Gasteiger partial charge in [0.2, 0.25) is 11.8 Å². The minimum absolute atomic E-state index is 0.0203. The molecule has 3 rings (SSSR count). The molecule has 44 heavy (non-hydrogen) atoms. The Morgan fingerprint density at radius 3 is 2.00 bits per heavy atom. The molecule has 0 saturated heterocycles. The van der Waals surface area contributed by atoms with Crippen LogP contribution in [-0.4, -0.2) is 72.2 Å². The molecule has 0 aliphatic heterocycles. The lowest BCUT2D eigenvalue weighted by Gasteiger charge is -2.32. The van der Waals surface area contributed by atoms with E-state index in [2.05, 4.69) is 5.32 Å². The number of amides is 2. The molecule has 2 amide bonds. The molecule has 0 fully saturated rings. The Kier molecular flexibility index (Phi) is 11.7. The normalized spacial score (nSPS) is 11.8. The van der Waals surface area contributed by atoms with Crippen LogP contribution in [0.2, 0.25) is 5.02 Å². The fourth-order valence-electron chi connectivity index (χ4n) is 4.39. The van der Waals surface area contributed by atoms with Gasteiger partial charge in [0.1, 0.15) is 24.1 Å². The summed E-state index contributed by atoms with van der Waals surface area (Å²) in [6, 6.07) is 14.4. The fraction of sp³-hybridized carbons (Fsp3) is 0.355. The molecule has 0 aliphatic carbocycles. The number of anilines is 1. The third-order valence-electron chi connectivity index (χ3n) is 6.74. The molecular weight excluding hydrogens is 610 g/mol. The van der Waals surface area contributed by atoms with E-state index < -0.39 is 34.4 Å². The molecule has 0 unspecified atom stereocenters. The molecule has 13 heteroatoms. The van der Waals surface area contributed by atoms with E-state index in [9.17, 15) is 18.0 Å². The highest BCUT2D eigenvalue weighted by molar-refractivity contribution is 7.92. The molecule has 0 heterocycles. The van der Waals surface area contributed by atoms with Gasteiger partial charge in [-0.1, -0.05) is 23.7 Å². The van der Waals surface area contributed by atoms with E-state index in [1.165, 1.54) is 56.6 Å². The van der Waals surface area contributed by atoms with Gasteiger partial charge in [-0.2, -0.15) is 0 Å². The Morgan fingerprint density at radius 1 is 0.818 bits per heavy atom. The number of sulfonamides is 1. The largest absolute Gasteiger partial charge is 0.497 e. The monoisotopic (exact) mass is 647 g/mol. The van der Waals surface area contributed by atoms with Crippen molar-refractivity contribution in [3.8, 4) is 23.0 Å². The Morgan fingerprint density at radius 2 is 1.43 bits per heavy atom. The van der Waals surface area contributed by atoms with Gasteiger partial charge in [0, 0.05) is 23.7 Å². The van der Waals surface area contributed by atoms with E-state index in [1.54, 1.807) is 44.4 Å². The maximum atomic E-state index is 14.3. The van der Waals surface area contributed by atoms with E-state index in [-0.39, 0.29) is 39.7 Å². The van der Waals surface area contributed by atoms with Gasteiger partial charge in [-0.25, -0.2) is 8.42 Å². The summed E-state index contributed by atoms with van der Waals surface area (Å²) in [5.74, 6) is 0.258. The number of carbonyl (C=O) groups excluding carboxylic acids is 2. The Labute approximate surface area is 263 Å². The van der Waals surface area contributed by atoms with Gasteiger partial charge in [0.05, 0.1) is 39.0 Å². The van der Waals surface area contributed by atoms with Crippen molar-refractivity contribution in [2.75, 3.05) is 39.3 Å². The molecule has 3 aromatic rings. The first kappa shape index (κ1) is 34.3. The third-order valence-corrected chi connectivity index (χ3v) is 8.73. The highest BCUT2D eigenvalue weighted by atomic mass is 35.5. The number of ether oxygens (including phenoxy) is 4. The van der Waals surface area contributed by atoms with E-state index in [4.69, 9.17) is 30.5 Å². The zero-order valence-corrected chi connectivity index (χ0v) is 27.4. The molecule has 1 atom stereocenters. The van der Waals surface area contributed by atoms with Gasteiger partial charge >= 0.3 is 0 Å². The number of rotatable bonds is 14. The van der Waals surface area contributed by atoms with E-state index in [0.717, 1.165) is 4.31 Å². The highest BCUT2D eigenvalue weighted by Gasteiger charge is 2.34. The summed E-state index contributed by atoms with van der Waals surface area (Å²) in [5, 5.41) is 3.05. The lowest BCUT2D eigenvalue weighted by atomic mass is 10.1. The zero-order valence-electron chi connectivity index (χ0n) is 25.8. The molecule has 3 aromatic carbocycles. The summed E-state index contributed by atoms with van der Waals surface area (Å²) in [7, 11) is 1.30. The topological polar surface area (TPSA) is 124 Å². The van der Waals surface area contributed by atoms with Gasteiger partial charge < -0.3 is 29.2 Å². The predicted octanol–water partition coefficient (Wildman–Crippen LogP) is 4.51. The summed E-state index contributed by atoms with van der Waals surface area (Å²) in [6.07, 6.45) is 0. The number of benzene rings is 3. The Bertz CT molecular complexity index is 1560. The van der Waals surface area contributed by atoms with Crippen molar-refractivity contribution in [3.63, 3.8) is 0 Å². The Hall–Kier alpha value is -4.16. The molecule has 0 radical (unpaired) electrons. The number of halogens is 1. The smallest absolute Gasteiger partial charge is 0.265 e. The second-order valence-corrected chi connectivity index (χ2v) is 12.4. The number of nitrogens with one attached hydrogen (secondary N) is 1. The van der Waals surface area contributed by atoms with Crippen LogP contribution in [0.25, 0.3) is 0 Å². The lowest BCUT2D eigenvalue weighted by molar-refractivity contribution is -0.139. The molecule has 0 aliphatic rings. The average molecular weight is 648 g/mol. The van der Waals surface area contributed by atoms with Crippen molar-refractivity contribution in [1.29, 1.82) is 0 Å². The van der Waals surface area contributed by atoms with Gasteiger partial charge in [-0.3, -0.25) is 13.9 Å².